The van der Waals surface area contributed by atoms with Crippen LogP contribution in [0.25, 0.3) is 0 Å². The van der Waals surface area contributed by atoms with Gasteiger partial charge in [0.1, 0.15) is 17.0 Å². The van der Waals surface area contributed by atoms with E-state index >= 15 is 0 Å². The molecule has 0 spiro atoms. The molecule has 1 aromatic carbocycles. The third kappa shape index (κ3) is 3.16. The van der Waals surface area contributed by atoms with Crippen molar-refractivity contribution in [1.82, 2.24) is 4.31 Å². The van der Waals surface area contributed by atoms with Crippen molar-refractivity contribution in [3.8, 4) is 6.07 Å². The van der Waals surface area contributed by atoms with Gasteiger partial charge < -0.3 is 5.11 Å². The molecule has 1 atom stereocenters. The highest BCUT2D eigenvalue weighted by Gasteiger charge is 2.41. The molecule has 1 aliphatic rings. The van der Waals surface area contributed by atoms with Gasteiger partial charge in [0, 0.05) is 6.54 Å². The van der Waals surface area contributed by atoms with Crippen LogP contribution in [0.1, 0.15) is 24.0 Å². The molecule has 1 aliphatic heterocycles. The molecule has 2 rings (SSSR count). The van der Waals surface area contributed by atoms with Crippen LogP contribution < -0.4 is 0 Å². The maximum absolute atomic E-state index is 12.7. The van der Waals surface area contributed by atoms with Gasteiger partial charge >= 0.3 is 12.1 Å². The quantitative estimate of drug-likeness (QED) is 0.898. The van der Waals surface area contributed by atoms with Crippen molar-refractivity contribution >= 4 is 16.0 Å². The molecule has 1 unspecified atom stereocenters. The Hall–Kier alpha value is -2.12. The van der Waals surface area contributed by atoms with Gasteiger partial charge in [-0.15, -0.1) is 0 Å². The predicted octanol–water partition coefficient (Wildman–Crippen LogP) is 1.81. The van der Waals surface area contributed by atoms with Gasteiger partial charge in [0.25, 0.3) is 0 Å². The number of carbonyl (C=O) groups is 1. The first-order valence-electron chi connectivity index (χ1n) is 6.45. The van der Waals surface area contributed by atoms with Crippen LogP contribution in [0.3, 0.4) is 0 Å². The number of carboxylic acid groups (broad SMARTS) is 1. The van der Waals surface area contributed by atoms with Gasteiger partial charge in [-0.1, -0.05) is 0 Å². The van der Waals surface area contributed by atoms with Crippen molar-refractivity contribution in [3.05, 3.63) is 29.3 Å². The summed E-state index contributed by atoms with van der Waals surface area (Å²) >= 11 is 0. The monoisotopic (exact) mass is 348 g/mol. The highest BCUT2D eigenvalue weighted by molar-refractivity contribution is 7.89. The molecule has 1 heterocycles. The molecule has 23 heavy (non-hydrogen) atoms. The number of nitrogens with zero attached hydrogens (tertiary/aromatic N) is 2. The first kappa shape index (κ1) is 17.2. The summed E-state index contributed by atoms with van der Waals surface area (Å²) in [6, 6.07) is 1.83. The minimum absolute atomic E-state index is 0.0643. The van der Waals surface area contributed by atoms with E-state index in [-0.39, 0.29) is 13.0 Å². The van der Waals surface area contributed by atoms with Gasteiger partial charge in [0.05, 0.1) is 11.1 Å². The van der Waals surface area contributed by atoms with Gasteiger partial charge in [-0.25, -0.2) is 8.42 Å². The van der Waals surface area contributed by atoms with Gasteiger partial charge in [-0.2, -0.15) is 22.7 Å². The SMILES string of the molecule is N#Cc1cc(C(F)(F)F)ccc1S(=O)(=O)N1CCCC1C(=O)O. The molecule has 124 valence electrons. The predicted molar refractivity (Wildman–Crippen MR) is 70.7 cm³/mol. The number of benzene rings is 1. The molecule has 0 aliphatic carbocycles. The molecule has 0 amide bonds. The molecule has 0 aromatic heterocycles. The fourth-order valence-electron chi connectivity index (χ4n) is 2.42. The number of nitriles is 1. The molecular formula is C13H11F3N2O4S. The zero-order valence-electron chi connectivity index (χ0n) is 11.5. The highest BCUT2D eigenvalue weighted by atomic mass is 32.2. The lowest BCUT2D eigenvalue weighted by Gasteiger charge is -2.21. The minimum atomic E-state index is -4.72. The molecule has 0 radical (unpaired) electrons. The van der Waals surface area contributed by atoms with Crippen molar-refractivity contribution in [2.45, 2.75) is 30.0 Å². The summed E-state index contributed by atoms with van der Waals surface area (Å²) in [5.41, 5.74) is -1.82. The fraction of sp³-hybridized carbons (Fsp3) is 0.385. The summed E-state index contributed by atoms with van der Waals surface area (Å²) in [6.45, 7) is -0.0643. The second kappa shape index (κ2) is 5.82. The summed E-state index contributed by atoms with van der Waals surface area (Å²) in [7, 11) is -4.38. The Labute approximate surface area is 129 Å². The zero-order chi connectivity index (χ0) is 17.4. The first-order valence-corrected chi connectivity index (χ1v) is 7.89. The second-order valence-corrected chi connectivity index (χ2v) is 6.79. The van der Waals surface area contributed by atoms with Crippen LogP contribution in [0.15, 0.2) is 23.1 Å². The van der Waals surface area contributed by atoms with Crippen LogP contribution in [-0.2, 0) is 21.0 Å². The number of hydrogen-bond donors (Lipinski definition) is 1. The largest absolute Gasteiger partial charge is 0.480 e. The normalized spacial score (nSPS) is 19.5. The zero-order valence-corrected chi connectivity index (χ0v) is 12.4. The fourth-order valence-corrected chi connectivity index (χ4v) is 4.19. The number of halogens is 3. The molecule has 1 fully saturated rings. The standard InChI is InChI=1S/C13H11F3N2O4S/c14-13(15,16)9-3-4-11(8(6-9)7-17)23(21,22)18-5-1-2-10(18)12(19)20/h3-4,6,10H,1-2,5H2,(H,19,20). The van der Waals surface area contributed by atoms with E-state index in [2.05, 4.69) is 0 Å². The maximum atomic E-state index is 12.7. The number of sulfonamides is 1. The Morgan fingerprint density at radius 3 is 2.57 bits per heavy atom. The average Bonchev–Trinajstić information content (AvgIpc) is 2.96. The summed E-state index contributed by atoms with van der Waals surface area (Å²) in [5.74, 6) is -1.34. The van der Waals surface area contributed by atoms with Crippen LogP contribution >= 0.6 is 0 Å². The van der Waals surface area contributed by atoms with Crippen LogP contribution in [0.2, 0.25) is 0 Å². The first-order chi connectivity index (χ1) is 10.6. The number of aliphatic carboxylic acids is 1. The summed E-state index contributed by atoms with van der Waals surface area (Å²) < 4.78 is 63.7. The van der Waals surface area contributed by atoms with Crippen molar-refractivity contribution in [1.29, 1.82) is 5.26 Å². The lowest BCUT2D eigenvalue weighted by atomic mass is 10.1. The molecule has 1 N–H and O–H groups in total. The van der Waals surface area contributed by atoms with Gasteiger partial charge in [-0.3, -0.25) is 4.79 Å². The summed E-state index contributed by atoms with van der Waals surface area (Å²) in [4.78, 5) is 10.5. The van der Waals surface area contributed by atoms with E-state index in [9.17, 15) is 26.4 Å². The third-order valence-electron chi connectivity index (χ3n) is 3.50. The lowest BCUT2D eigenvalue weighted by Crippen LogP contribution is -2.40. The number of hydrogen-bond acceptors (Lipinski definition) is 4. The maximum Gasteiger partial charge on any atom is 0.416 e. The molecular weight excluding hydrogens is 337 g/mol. The summed E-state index contributed by atoms with van der Waals surface area (Å²) in [5, 5.41) is 18.0. The van der Waals surface area contributed by atoms with Crippen LogP contribution in [0.4, 0.5) is 13.2 Å². The van der Waals surface area contributed by atoms with E-state index in [0.29, 0.717) is 28.9 Å². The Morgan fingerprint density at radius 2 is 2.04 bits per heavy atom. The molecule has 10 heteroatoms. The van der Waals surface area contributed by atoms with Crippen molar-refractivity contribution in [2.75, 3.05) is 6.54 Å². The molecule has 1 aromatic rings. The Kier molecular flexibility index (Phi) is 4.37. The van der Waals surface area contributed by atoms with E-state index in [1.807, 2.05) is 0 Å². The number of carboxylic acids is 1. The molecule has 0 bridgehead atoms. The smallest absolute Gasteiger partial charge is 0.416 e. The van der Waals surface area contributed by atoms with E-state index in [1.165, 1.54) is 6.07 Å². The van der Waals surface area contributed by atoms with Crippen molar-refractivity contribution < 1.29 is 31.5 Å². The number of alkyl halides is 3. The van der Waals surface area contributed by atoms with Gasteiger partial charge in [0.15, 0.2) is 0 Å². The van der Waals surface area contributed by atoms with E-state index in [0.717, 1.165) is 0 Å². The van der Waals surface area contributed by atoms with Gasteiger partial charge in [0.2, 0.25) is 10.0 Å². The van der Waals surface area contributed by atoms with E-state index in [1.54, 1.807) is 0 Å². The number of rotatable bonds is 3. The van der Waals surface area contributed by atoms with Crippen molar-refractivity contribution in [2.24, 2.45) is 0 Å². The Morgan fingerprint density at radius 1 is 1.39 bits per heavy atom. The Balaban J connectivity index is 2.53. The molecule has 6 nitrogen and oxygen atoms in total. The van der Waals surface area contributed by atoms with Crippen LogP contribution in [-0.4, -0.2) is 36.4 Å². The molecule has 0 saturated carbocycles. The van der Waals surface area contributed by atoms with E-state index in [4.69, 9.17) is 10.4 Å². The lowest BCUT2D eigenvalue weighted by molar-refractivity contribution is -0.140. The molecule has 1 saturated heterocycles. The second-order valence-electron chi connectivity index (χ2n) is 4.93. The summed E-state index contributed by atoms with van der Waals surface area (Å²) in [6.07, 6.45) is -4.29. The van der Waals surface area contributed by atoms with Gasteiger partial charge in [-0.05, 0) is 31.0 Å². The third-order valence-corrected chi connectivity index (χ3v) is 5.47. The van der Waals surface area contributed by atoms with Crippen LogP contribution in [0.5, 0.6) is 0 Å². The van der Waals surface area contributed by atoms with Crippen molar-refractivity contribution in [3.63, 3.8) is 0 Å². The van der Waals surface area contributed by atoms with E-state index < -0.39 is 44.2 Å². The Bertz CT molecular complexity index is 783. The minimum Gasteiger partial charge on any atom is -0.480 e. The highest BCUT2D eigenvalue weighted by Crippen LogP contribution is 2.33. The topological polar surface area (TPSA) is 98.5 Å². The van der Waals surface area contributed by atoms with Crippen LogP contribution in [0, 0.1) is 11.3 Å². The average molecular weight is 348 g/mol.